The minimum atomic E-state index is 0.360. The maximum Gasteiger partial charge on any atom is 0.226 e. The number of nitrogens with zero attached hydrogens (tertiary/aromatic N) is 3. The van der Waals surface area contributed by atoms with Crippen LogP contribution in [-0.4, -0.2) is 14.5 Å². The van der Waals surface area contributed by atoms with E-state index < -0.39 is 0 Å². The minimum absolute atomic E-state index is 0.360. The van der Waals surface area contributed by atoms with Gasteiger partial charge in [-0.25, -0.2) is 9.97 Å². The summed E-state index contributed by atoms with van der Waals surface area (Å²) in [7, 11) is 0. The number of imidazole rings is 1. The number of aromatic nitrogens is 3. The Morgan fingerprint density at radius 1 is 1.00 bits per heavy atom. The standard InChI is InChI=1S/C18H16N4O/c19-9-15-10-20-18(23-15)14-7-5-13(6-8-14)11-22-12-21-16-3-1-2-4-17(16)22/h1-8,10,12H,9,11,19H2. The van der Waals surface area contributed by atoms with Crippen LogP contribution < -0.4 is 5.73 Å². The molecular weight excluding hydrogens is 288 g/mol. The zero-order valence-electron chi connectivity index (χ0n) is 12.5. The summed E-state index contributed by atoms with van der Waals surface area (Å²) >= 11 is 0. The van der Waals surface area contributed by atoms with Gasteiger partial charge >= 0.3 is 0 Å². The molecule has 23 heavy (non-hydrogen) atoms. The van der Waals surface area contributed by atoms with Crippen molar-refractivity contribution in [1.29, 1.82) is 0 Å². The van der Waals surface area contributed by atoms with E-state index >= 15 is 0 Å². The Balaban J connectivity index is 1.58. The van der Waals surface area contributed by atoms with Gasteiger partial charge in [0.25, 0.3) is 0 Å². The number of fused-ring (bicyclic) bond motifs is 1. The zero-order chi connectivity index (χ0) is 15.6. The van der Waals surface area contributed by atoms with Crippen molar-refractivity contribution in [3.8, 4) is 11.5 Å². The van der Waals surface area contributed by atoms with E-state index in [9.17, 15) is 0 Å². The highest BCUT2D eigenvalue weighted by Crippen LogP contribution is 2.20. The summed E-state index contributed by atoms with van der Waals surface area (Å²) in [6.07, 6.45) is 3.54. The SMILES string of the molecule is NCc1cnc(-c2ccc(Cn3cnc4ccccc43)cc2)o1. The van der Waals surface area contributed by atoms with Crippen molar-refractivity contribution in [3.05, 3.63) is 72.4 Å². The molecule has 2 aromatic heterocycles. The maximum absolute atomic E-state index is 5.57. The third-order valence-corrected chi connectivity index (χ3v) is 3.84. The van der Waals surface area contributed by atoms with Crippen LogP contribution in [0.2, 0.25) is 0 Å². The van der Waals surface area contributed by atoms with Crippen molar-refractivity contribution in [2.45, 2.75) is 13.1 Å². The van der Waals surface area contributed by atoms with Crippen LogP contribution in [0.5, 0.6) is 0 Å². The Labute approximate surface area is 133 Å². The van der Waals surface area contributed by atoms with Gasteiger partial charge in [-0.3, -0.25) is 0 Å². The first kappa shape index (κ1) is 13.7. The molecule has 0 unspecified atom stereocenters. The monoisotopic (exact) mass is 304 g/mol. The molecule has 2 N–H and O–H groups in total. The average Bonchev–Trinajstić information content (AvgIpc) is 3.23. The highest BCUT2D eigenvalue weighted by molar-refractivity contribution is 5.75. The molecule has 0 saturated heterocycles. The maximum atomic E-state index is 5.57. The average molecular weight is 304 g/mol. The van der Waals surface area contributed by atoms with Crippen LogP contribution in [0.15, 0.2) is 65.5 Å². The van der Waals surface area contributed by atoms with E-state index in [0.717, 1.165) is 23.1 Å². The molecular formula is C18H16N4O. The van der Waals surface area contributed by atoms with Crippen molar-refractivity contribution in [1.82, 2.24) is 14.5 Å². The summed E-state index contributed by atoms with van der Waals surface area (Å²) in [5.74, 6) is 1.29. The van der Waals surface area contributed by atoms with Gasteiger partial charge in [-0.15, -0.1) is 0 Å². The van der Waals surface area contributed by atoms with Gasteiger partial charge in [0, 0.05) is 12.1 Å². The molecule has 114 valence electrons. The van der Waals surface area contributed by atoms with Gasteiger partial charge in [-0.05, 0) is 29.8 Å². The molecule has 2 aromatic carbocycles. The highest BCUT2D eigenvalue weighted by Gasteiger charge is 2.07. The molecule has 0 spiro atoms. The summed E-state index contributed by atoms with van der Waals surface area (Å²) in [6.45, 7) is 1.14. The lowest BCUT2D eigenvalue weighted by molar-refractivity contribution is 0.521. The van der Waals surface area contributed by atoms with Crippen LogP contribution in [0.25, 0.3) is 22.5 Å². The largest absolute Gasteiger partial charge is 0.440 e. The van der Waals surface area contributed by atoms with E-state index in [0.29, 0.717) is 18.2 Å². The van der Waals surface area contributed by atoms with Crippen LogP contribution in [0.4, 0.5) is 0 Å². The lowest BCUT2D eigenvalue weighted by Gasteiger charge is -2.05. The first-order valence-electron chi connectivity index (χ1n) is 7.47. The van der Waals surface area contributed by atoms with E-state index in [1.165, 1.54) is 5.56 Å². The minimum Gasteiger partial charge on any atom is -0.440 e. The number of hydrogen-bond donors (Lipinski definition) is 1. The summed E-state index contributed by atoms with van der Waals surface area (Å²) in [6, 6.07) is 16.3. The Morgan fingerprint density at radius 3 is 2.61 bits per heavy atom. The lowest BCUT2D eigenvalue weighted by atomic mass is 10.1. The summed E-state index contributed by atoms with van der Waals surface area (Å²) < 4.78 is 7.71. The smallest absolute Gasteiger partial charge is 0.226 e. The first-order valence-corrected chi connectivity index (χ1v) is 7.47. The number of nitrogens with two attached hydrogens (primary N) is 1. The number of benzene rings is 2. The molecule has 0 aliphatic rings. The number of oxazole rings is 1. The van der Waals surface area contributed by atoms with Crippen LogP contribution in [-0.2, 0) is 13.1 Å². The van der Waals surface area contributed by atoms with Gasteiger partial charge in [0.05, 0.1) is 30.1 Å². The second kappa shape index (κ2) is 5.70. The van der Waals surface area contributed by atoms with Crippen molar-refractivity contribution >= 4 is 11.0 Å². The van der Waals surface area contributed by atoms with Crippen molar-refractivity contribution in [3.63, 3.8) is 0 Å². The molecule has 0 saturated carbocycles. The van der Waals surface area contributed by atoms with E-state index in [1.807, 2.05) is 36.7 Å². The van der Waals surface area contributed by atoms with Crippen molar-refractivity contribution in [2.24, 2.45) is 5.73 Å². The Bertz CT molecular complexity index is 937. The molecule has 2 heterocycles. The Kier molecular flexibility index (Phi) is 3.40. The highest BCUT2D eigenvalue weighted by atomic mass is 16.4. The third kappa shape index (κ3) is 2.62. The Morgan fingerprint density at radius 2 is 1.83 bits per heavy atom. The topological polar surface area (TPSA) is 69.9 Å². The fraction of sp³-hybridized carbons (Fsp3) is 0.111. The number of hydrogen-bond acceptors (Lipinski definition) is 4. The Hall–Kier alpha value is -2.92. The molecule has 0 fully saturated rings. The molecule has 4 aromatic rings. The van der Waals surface area contributed by atoms with Crippen LogP contribution in [0, 0.1) is 0 Å². The van der Waals surface area contributed by atoms with Gasteiger partial charge in [-0.2, -0.15) is 0 Å². The van der Waals surface area contributed by atoms with Crippen molar-refractivity contribution in [2.75, 3.05) is 0 Å². The van der Waals surface area contributed by atoms with Gasteiger partial charge in [0.1, 0.15) is 5.76 Å². The second-order valence-corrected chi connectivity index (χ2v) is 5.39. The van der Waals surface area contributed by atoms with E-state index in [2.05, 4.69) is 32.7 Å². The van der Waals surface area contributed by atoms with Crippen LogP contribution in [0.1, 0.15) is 11.3 Å². The van der Waals surface area contributed by atoms with Gasteiger partial charge in [-0.1, -0.05) is 24.3 Å². The molecule has 4 rings (SSSR count). The molecule has 0 amide bonds. The van der Waals surface area contributed by atoms with Crippen LogP contribution >= 0.6 is 0 Å². The first-order chi connectivity index (χ1) is 11.3. The summed E-state index contributed by atoms with van der Waals surface area (Å²) in [4.78, 5) is 8.66. The van der Waals surface area contributed by atoms with Crippen LogP contribution in [0.3, 0.4) is 0 Å². The van der Waals surface area contributed by atoms with E-state index in [1.54, 1.807) is 6.20 Å². The fourth-order valence-corrected chi connectivity index (χ4v) is 2.62. The number of para-hydroxylation sites is 2. The van der Waals surface area contributed by atoms with Crippen molar-refractivity contribution < 1.29 is 4.42 Å². The van der Waals surface area contributed by atoms with E-state index in [4.69, 9.17) is 10.2 Å². The lowest BCUT2D eigenvalue weighted by Crippen LogP contribution is -1.97. The molecule has 0 aliphatic heterocycles. The summed E-state index contributed by atoms with van der Waals surface area (Å²) in [5, 5.41) is 0. The molecule has 0 radical (unpaired) electrons. The molecule has 0 bridgehead atoms. The van der Waals surface area contributed by atoms with E-state index in [-0.39, 0.29) is 0 Å². The molecule has 5 nitrogen and oxygen atoms in total. The normalized spacial score (nSPS) is 11.2. The van der Waals surface area contributed by atoms with Gasteiger partial charge < -0.3 is 14.7 Å². The quantitative estimate of drug-likeness (QED) is 0.628. The molecule has 0 aliphatic carbocycles. The molecule has 5 heteroatoms. The summed E-state index contributed by atoms with van der Waals surface area (Å²) in [5.41, 5.74) is 9.84. The number of rotatable bonds is 4. The predicted molar refractivity (Wildman–Crippen MR) is 88.7 cm³/mol. The fourth-order valence-electron chi connectivity index (χ4n) is 2.62. The predicted octanol–water partition coefficient (Wildman–Crippen LogP) is 3.20. The van der Waals surface area contributed by atoms with Gasteiger partial charge in [0.15, 0.2) is 0 Å². The zero-order valence-corrected chi connectivity index (χ0v) is 12.5. The second-order valence-electron chi connectivity index (χ2n) is 5.39. The third-order valence-electron chi connectivity index (χ3n) is 3.84. The van der Waals surface area contributed by atoms with Gasteiger partial charge in [0.2, 0.25) is 5.89 Å². The molecule has 0 atom stereocenters.